The van der Waals surface area contributed by atoms with Crippen molar-refractivity contribution < 1.29 is 9.30 Å². The number of benzene rings is 3. The van der Waals surface area contributed by atoms with Crippen molar-refractivity contribution in [2.45, 2.75) is 88.5 Å². The van der Waals surface area contributed by atoms with Crippen molar-refractivity contribution in [1.29, 1.82) is 0 Å². The first-order valence-corrected chi connectivity index (χ1v) is 15.5. The molecule has 0 aliphatic carbocycles. The lowest BCUT2D eigenvalue weighted by Crippen LogP contribution is -2.32. The third-order valence-corrected chi connectivity index (χ3v) is 8.42. The summed E-state index contributed by atoms with van der Waals surface area (Å²) in [4.78, 5) is 4.96. The highest BCUT2D eigenvalue weighted by Crippen LogP contribution is 2.52. The zero-order chi connectivity index (χ0) is 30.4. The summed E-state index contributed by atoms with van der Waals surface area (Å²) in [6.07, 6.45) is 7.23. The highest BCUT2D eigenvalue weighted by Gasteiger charge is 2.34. The van der Waals surface area contributed by atoms with Crippen molar-refractivity contribution in [2.24, 2.45) is 23.3 Å². The number of hydrogen-bond donors (Lipinski definition) is 0. The molecule has 6 rings (SSSR count). The summed E-state index contributed by atoms with van der Waals surface area (Å²) in [5.74, 6) is 1.92. The van der Waals surface area contributed by atoms with E-state index >= 15 is 0 Å². The Balaban J connectivity index is 1.70. The van der Waals surface area contributed by atoms with Gasteiger partial charge in [-0.05, 0) is 76.0 Å². The smallest absolute Gasteiger partial charge is 0.228 e. The van der Waals surface area contributed by atoms with E-state index in [9.17, 15) is 0 Å². The molecule has 42 heavy (non-hydrogen) atoms. The molecular formula is C39H47N2O+. The lowest BCUT2D eigenvalue weighted by molar-refractivity contribution is -0.659. The molecule has 0 amide bonds. The minimum absolute atomic E-state index is 0.103. The molecule has 3 heterocycles. The standard InChI is InChI=1S/C39H47N2O/c1-23-28-16-24(19-37(2,3)4)12-13-26(28)30(21-39(8,9)10)36-33(23)35-34-27(14-15-41(35)11)29-17-25(20-38(5,6)7)22-40-31(29)18-32(34)42-36/h12-18,22H,19-21H2,1-11H3/q+1. The second-order valence-corrected chi connectivity index (χ2v) is 16.4. The van der Waals surface area contributed by atoms with Crippen molar-refractivity contribution in [3.8, 4) is 22.8 Å². The van der Waals surface area contributed by atoms with E-state index in [2.05, 4.69) is 123 Å². The summed E-state index contributed by atoms with van der Waals surface area (Å²) in [6.45, 7) is 23.1. The van der Waals surface area contributed by atoms with Crippen LogP contribution in [0.25, 0.3) is 43.7 Å². The normalized spacial score (nSPS) is 13.6. The van der Waals surface area contributed by atoms with Crippen LogP contribution >= 0.6 is 0 Å². The van der Waals surface area contributed by atoms with Gasteiger partial charge in [-0.2, -0.15) is 0 Å². The summed E-state index contributed by atoms with van der Waals surface area (Å²) in [6, 6.07) is 13.9. The molecule has 2 aromatic heterocycles. The Labute approximate surface area is 251 Å². The predicted molar refractivity (Wildman–Crippen MR) is 178 cm³/mol. The molecule has 5 aromatic rings. The first kappa shape index (κ1) is 28.6. The number of aromatic nitrogens is 2. The second-order valence-electron chi connectivity index (χ2n) is 16.4. The summed E-state index contributed by atoms with van der Waals surface area (Å²) in [5, 5.41) is 6.24. The zero-order valence-electron chi connectivity index (χ0n) is 27.5. The first-order valence-electron chi connectivity index (χ1n) is 15.5. The molecule has 3 nitrogen and oxygen atoms in total. The maximum Gasteiger partial charge on any atom is 0.228 e. The van der Waals surface area contributed by atoms with E-state index in [1.54, 1.807) is 0 Å². The molecule has 0 spiro atoms. The Hall–Kier alpha value is -3.46. The van der Waals surface area contributed by atoms with Crippen LogP contribution in [0.4, 0.5) is 0 Å². The van der Waals surface area contributed by atoms with Crippen LogP contribution in [0.15, 0.2) is 48.8 Å². The monoisotopic (exact) mass is 559 g/mol. The maximum atomic E-state index is 7.05. The van der Waals surface area contributed by atoms with Gasteiger partial charge in [0.15, 0.2) is 6.20 Å². The van der Waals surface area contributed by atoms with Gasteiger partial charge < -0.3 is 4.74 Å². The maximum absolute atomic E-state index is 7.05. The van der Waals surface area contributed by atoms with Crippen LogP contribution in [-0.2, 0) is 26.3 Å². The summed E-state index contributed by atoms with van der Waals surface area (Å²) in [7, 11) is 2.18. The Morgan fingerprint density at radius 2 is 1.36 bits per heavy atom. The SMILES string of the molecule is Cc1c2c(c(CC(C)(C)C)c3ccc(CC(C)(C)C)cc13)Oc1cc3ncc(CC(C)(C)C)cc3c3cc[n+](C)c-2c13. The third-order valence-electron chi connectivity index (χ3n) is 8.42. The average Bonchev–Trinajstić information content (AvgIpc) is 2.85. The number of ether oxygens (including phenoxy) is 1. The van der Waals surface area contributed by atoms with Crippen LogP contribution in [-0.4, -0.2) is 4.98 Å². The fraction of sp³-hybridized carbons (Fsp3) is 0.436. The van der Waals surface area contributed by atoms with Crippen LogP contribution in [0.5, 0.6) is 11.5 Å². The molecule has 0 fully saturated rings. The largest absolute Gasteiger partial charge is 0.455 e. The number of hydrogen-bond acceptors (Lipinski definition) is 2. The van der Waals surface area contributed by atoms with Crippen LogP contribution < -0.4 is 9.30 Å². The molecule has 0 saturated carbocycles. The highest BCUT2D eigenvalue weighted by atomic mass is 16.5. The molecule has 0 radical (unpaired) electrons. The highest BCUT2D eigenvalue weighted by molar-refractivity contribution is 6.15. The summed E-state index contributed by atoms with van der Waals surface area (Å²) < 4.78 is 9.34. The predicted octanol–water partition coefficient (Wildman–Crippen LogP) is 10.2. The minimum Gasteiger partial charge on any atom is -0.455 e. The van der Waals surface area contributed by atoms with Gasteiger partial charge in [0.1, 0.15) is 18.5 Å². The molecule has 0 N–H and O–H groups in total. The van der Waals surface area contributed by atoms with Crippen LogP contribution in [0.1, 0.15) is 84.6 Å². The first-order chi connectivity index (χ1) is 19.5. The summed E-state index contributed by atoms with van der Waals surface area (Å²) >= 11 is 0. The van der Waals surface area contributed by atoms with Gasteiger partial charge in [0.05, 0.1) is 16.5 Å². The lowest BCUT2D eigenvalue weighted by atomic mass is 9.80. The number of aryl methyl sites for hydroxylation is 2. The fourth-order valence-electron chi connectivity index (χ4n) is 6.94. The van der Waals surface area contributed by atoms with E-state index in [1.807, 2.05) is 6.20 Å². The van der Waals surface area contributed by atoms with E-state index in [4.69, 9.17) is 9.72 Å². The van der Waals surface area contributed by atoms with Crippen molar-refractivity contribution in [1.82, 2.24) is 4.98 Å². The number of rotatable bonds is 3. The molecule has 218 valence electrons. The van der Waals surface area contributed by atoms with Gasteiger partial charge in [0, 0.05) is 34.7 Å². The van der Waals surface area contributed by atoms with Crippen molar-refractivity contribution in [3.05, 3.63) is 71.0 Å². The molecule has 0 atom stereocenters. The molecule has 0 unspecified atom stereocenters. The van der Waals surface area contributed by atoms with E-state index in [1.165, 1.54) is 60.4 Å². The van der Waals surface area contributed by atoms with Crippen LogP contribution in [0.2, 0.25) is 0 Å². The van der Waals surface area contributed by atoms with Gasteiger partial charge in [-0.25, -0.2) is 4.57 Å². The Kier molecular flexibility index (Phi) is 6.50. The number of fused-ring (bicyclic) bond motifs is 5. The molecule has 0 saturated heterocycles. The molecule has 0 bridgehead atoms. The zero-order valence-corrected chi connectivity index (χ0v) is 27.5. The van der Waals surface area contributed by atoms with E-state index in [0.29, 0.717) is 0 Å². The van der Waals surface area contributed by atoms with Gasteiger partial charge in [-0.1, -0.05) is 80.5 Å². The molecule has 3 aromatic carbocycles. The van der Waals surface area contributed by atoms with Gasteiger partial charge in [0.25, 0.3) is 0 Å². The van der Waals surface area contributed by atoms with Crippen LogP contribution in [0, 0.1) is 23.2 Å². The van der Waals surface area contributed by atoms with Crippen molar-refractivity contribution in [2.75, 3.05) is 0 Å². The topological polar surface area (TPSA) is 26.0 Å². The summed E-state index contributed by atoms with van der Waals surface area (Å²) in [5.41, 5.74) is 9.25. The minimum atomic E-state index is 0.103. The van der Waals surface area contributed by atoms with Gasteiger partial charge >= 0.3 is 0 Å². The number of nitrogens with zero attached hydrogens (tertiary/aromatic N) is 2. The lowest BCUT2D eigenvalue weighted by Gasteiger charge is -2.28. The molecule has 1 aliphatic heterocycles. The average molecular weight is 560 g/mol. The Morgan fingerprint density at radius 3 is 2.02 bits per heavy atom. The van der Waals surface area contributed by atoms with Crippen molar-refractivity contribution >= 4 is 32.4 Å². The van der Waals surface area contributed by atoms with Crippen molar-refractivity contribution in [3.63, 3.8) is 0 Å². The van der Waals surface area contributed by atoms with E-state index in [-0.39, 0.29) is 16.2 Å². The Morgan fingerprint density at radius 1 is 0.714 bits per heavy atom. The van der Waals surface area contributed by atoms with E-state index < -0.39 is 0 Å². The van der Waals surface area contributed by atoms with Gasteiger partial charge in [-0.15, -0.1) is 0 Å². The fourth-order valence-corrected chi connectivity index (χ4v) is 6.94. The Bertz CT molecular complexity index is 1890. The van der Waals surface area contributed by atoms with E-state index in [0.717, 1.165) is 36.3 Å². The molecule has 1 aliphatic rings. The van der Waals surface area contributed by atoms with Crippen LogP contribution in [0.3, 0.4) is 0 Å². The number of pyridine rings is 2. The molecule has 3 heteroatoms. The quantitative estimate of drug-likeness (QED) is 0.159. The second kappa shape index (κ2) is 9.53. The van der Waals surface area contributed by atoms with Gasteiger partial charge in [-0.3, -0.25) is 4.98 Å². The molecular weight excluding hydrogens is 512 g/mol. The van der Waals surface area contributed by atoms with Gasteiger partial charge in [0.2, 0.25) is 5.69 Å². The third kappa shape index (κ3) is 5.16.